The van der Waals surface area contributed by atoms with Gasteiger partial charge in [0.1, 0.15) is 5.75 Å². The number of hydrogen-bond acceptors (Lipinski definition) is 3. The minimum absolute atomic E-state index is 0.216. The number of anilines is 1. The molecule has 1 unspecified atom stereocenters. The Balaban J connectivity index is 2.93. The van der Waals surface area contributed by atoms with E-state index in [1.54, 1.807) is 7.11 Å². The average molecular weight is 246 g/mol. The zero-order chi connectivity index (χ0) is 13.7. The number of rotatable bonds is 4. The van der Waals surface area contributed by atoms with Gasteiger partial charge in [0.2, 0.25) is 5.91 Å². The monoisotopic (exact) mass is 246 g/mol. The van der Waals surface area contributed by atoms with Gasteiger partial charge in [0.15, 0.2) is 0 Å². The molecule has 0 saturated carbocycles. The first-order chi connectivity index (χ1) is 8.51. The van der Waals surface area contributed by atoms with E-state index in [0.29, 0.717) is 5.69 Å². The highest BCUT2D eigenvalue weighted by atomic mass is 16.5. The van der Waals surface area contributed by atoms with Crippen molar-refractivity contribution in [1.82, 2.24) is 0 Å². The molecule has 0 aliphatic carbocycles. The molecule has 1 aromatic carbocycles. The molecule has 4 heteroatoms. The molecule has 0 aromatic heterocycles. The van der Waals surface area contributed by atoms with E-state index in [-0.39, 0.29) is 12.3 Å². The lowest BCUT2D eigenvalue weighted by molar-refractivity contribution is -0.117. The van der Waals surface area contributed by atoms with E-state index in [9.17, 15) is 4.79 Å². The fourth-order valence-electron chi connectivity index (χ4n) is 1.72. The molecule has 0 radical (unpaired) electrons. The van der Waals surface area contributed by atoms with Gasteiger partial charge in [0.25, 0.3) is 0 Å². The van der Waals surface area contributed by atoms with E-state index in [1.165, 1.54) is 0 Å². The van der Waals surface area contributed by atoms with Crippen LogP contribution in [0.1, 0.15) is 17.5 Å². The lowest BCUT2D eigenvalue weighted by atomic mass is 10.1. The summed E-state index contributed by atoms with van der Waals surface area (Å²) in [5.74, 6) is 2.84. The molecule has 1 atom stereocenters. The number of methoxy groups -OCH3 is 1. The van der Waals surface area contributed by atoms with Gasteiger partial charge in [-0.25, -0.2) is 0 Å². The lowest BCUT2D eigenvalue weighted by Gasteiger charge is -2.15. The fraction of sp³-hybridized carbons (Fsp3) is 0.357. The number of benzene rings is 1. The summed E-state index contributed by atoms with van der Waals surface area (Å²) in [5.41, 5.74) is 8.22. The Morgan fingerprint density at radius 2 is 2.22 bits per heavy atom. The molecule has 1 aromatic rings. The first-order valence-corrected chi connectivity index (χ1v) is 5.65. The number of carbonyl (C=O) groups excluding carboxylic acids is 1. The summed E-state index contributed by atoms with van der Waals surface area (Å²) in [6, 6.07) is 3.02. The summed E-state index contributed by atoms with van der Waals surface area (Å²) in [7, 11) is 1.60. The molecular weight excluding hydrogens is 228 g/mol. The van der Waals surface area contributed by atoms with Crippen molar-refractivity contribution in [2.24, 2.45) is 5.73 Å². The van der Waals surface area contributed by atoms with Gasteiger partial charge in [-0.15, -0.1) is 12.3 Å². The van der Waals surface area contributed by atoms with Crippen molar-refractivity contribution in [3.8, 4) is 18.1 Å². The molecule has 0 heterocycles. The summed E-state index contributed by atoms with van der Waals surface area (Å²) in [5, 5.41) is 2.76. The van der Waals surface area contributed by atoms with Crippen LogP contribution in [0.15, 0.2) is 12.1 Å². The van der Waals surface area contributed by atoms with Gasteiger partial charge >= 0.3 is 0 Å². The molecular formula is C14H18N2O2. The number of amides is 1. The Hall–Kier alpha value is -1.99. The topological polar surface area (TPSA) is 64.4 Å². The Morgan fingerprint density at radius 1 is 1.56 bits per heavy atom. The zero-order valence-corrected chi connectivity index (χ0v) is 10.9. The first kappa shape index (κ1) is 14.1. The zero-order valence-electron chi connectivity index (χ0n) is 10.9. The minimum atomic E-state index is -0.693. The average Bonchev–Trinajstić information content (AvgIpc) is 2.33. The molecule has 0 saturated heterocycles. The van der Waals surface area contributed by atoms with Crippen LogP contribution < -0.4 is 15.8 Å². The number of hydrogen-bond donors (Lipinski definition) is 2. The van der Waals surface area contributed by atoms with Crippen molar-refractivity contribution in [3.63, 3.8) is 0 Å². The van der Waals surface area contributed by atoms with Crippen LogP contribution >= 0.6 is 0 Å². The van der Waals surface area contributed by atoms with Crippen LogP contribution in [0.25, 0.3) is 0 Å². The maximum atomic E-state index is 11.8. The first-order valence-electron chi connectivity index (χ1n) is 5.65. The third kappa shape index (κ3) is 3.02. The Labute approximate surface area is 108 Å². The second kappa shape index (κ2) is 6.08. The van der Waals surface area contributed by atoms with Crippen LogP contribution in [0, 0.1) is 26.2 Å². The molecule has 0 aliphatic heterocycles. The van der Waals surface area contributed by atoms with Crippen molar-refractivity contribution < 1.29 is 9.53 Å². The normalized spacial score (nSPS) is 11.5. The van der Waals surface area contributed by atoms with E-state index in [2.05, 4.69) is 11.2 Å². The third-order valence-corrected chi connectivity index (χ3v) is 2.74. The second-order valence-corrected chi connectivity index (χ2v) is 4.09. The van der Waals surface area contributed by atoms with Gasteiger partial charge in [0, 0.05) is 17.7 Å². The molecule has 18 heavy (non-hydrogen) atoms. The molecule has 0 fully saturated rings. The van der Waals surface area contributed by atoms with Crippen molar-refractivity contribution in [3.05, 3.63) is 23.3 Å². The van der Waals surface area contributed by atoms with Gasteiger partial charge in [-0.1, -0.05) is 6.07 Å². The molecule has 96 valence electrons. The third-order valence-electron chi connectivity index (χ3n) is 2.74. The van der Waals surface area contributed by atoms with Gasteiger partial charge in [-0.3, -0.25) is 4.79 Å². The van der Waals surface area contributed by atoms with Crippen molar-refractivity contribution in [2.75, 3.05) is 12.4 Å². The van der Waals surface area contributed by atoms with Crippen LogP contribution in [0.3, 0.4) is 0 Å². The standard InChI is InChI=1S/C14H18N2O2/c1-5-6-11(15)14(17)16-12-8-7-9(2)13(18-4)10(12)3/h1,7-8,11H,6,15H2,2-4H3,(H,16,17). The highest BCUT2D eigenvalue weighted by Crippen LogP contribution is 2.29. The Kier molecular flexibility index (Phi) is 4.75. The summed E-state index contributed by atoms with van der Waals surface area (Å²) in [4.78, 5) is 11.8. The Bertz CT molecular complexity index is 489. The highest BCUT2D eigenvalue weighted by Gasteiger charge is 2.15. The predicted molar refractivity (Wildman–Crippen MR) is 72.5 cm³/mol. The fourth-order valence-corrected chi connectivity index (χ4v) is 1.72. The van der Waals surface area contributed by atoms with Crippen LogP contribution in [-0.2, 0) is 4.79 Å². The largest absolute Gasteiger partial charge is 0.496 e. The molecule has 0 aliphatic rings. The summed E-state index contributed by atoms with van der Waals surface area (Å²) >= 11 is 0. The maximum absolute atomic E-state index is 11.8. The molecule has 4 nitrogen and oxygen atoms in total. The van der Waals surface area contributed by atoms with Gasteiger partial charge in [-0.05, 0) is 25.5 Å². The van der Waals surface area contributed by atoms with Crippen LogP contribution in [0.2, 0.25) is 0 Å². The van der Waals surface area contributed by atoms with Gasteiger partial charge in [0.05, 0.1) is 13.2 Å². The van der Waals surface area contributed by atoms with Crippen molar-refractivity contribution in [2.45, 2.75) is 26.3 Å². The number of nitrogens with two attached hydrogens (primary N) is 1. The number of aryl methyl sites for hydroxylation is 1. The van der Waals surface area contributed by atoms with E-state index in [4.69, 9.17) is 16.9 Å². The van der Waals surface area contributed by atoms with E-state index < -0.39 is 6.04 Å². The maximum Gasteiger partial charge on any atom is 0.242 e. The molecule has 3 N–H and O–H groups in total. The molecule has 1 rings (SSSR count). The summed E-state index contributed by atoms with van der Waals surface area (Å²) < 4.78 is 5.29. The van der Waals surface area contributed by atoms with Crippen molar-refractivity contribution in [1.29, 1.82) is 0 Å². The number of carbonyl (C=O) groups is 1. The Morgan fingerprint density at radius 3 is 2.78 bits per heavy atom. The quantitative estimate of drug-likeness (QED) is 0.793. The second-order valence-electron chi connectivity index (χ2n) is 4.09. The smallest absolute Gasteiger partial charge is 0.242 e. The van der Waals surface area contributed by atoms with Crippen molar-refractivity contribution >= 4 is 11.6 Å². The molecule has 0 bridgehead atoms. The number of nitrogens with one attached hydrogen (secondary N) is 1. The predicted octanol–water partition coefficient (Wildman–Crippen LogP) is 1.60. The van der Waals surface area contributed by atoms with Crippen LogP contribution in [-0.4, -0.2) is 19.1 Å². The van der Waals surface area contributed by atoms with E-state index in [1.807, 2.05) is 26.0 Å². The highest BCUT2D eigenvalue weighted by molar-refractivity contribution is 5.95. The van der Waals surface area contributed by atoms with Gasteiger partial charge in [-0.2, -0.15) is 0 Å². The van der Waals surface area contributed by atoms with Crippen LogP contribution in [0.5, 0.6) is 5.75 Å². The SMILES string of the molecule is C#CCC(N)C(=O)Nc1ccc(C)c(OC)c1C. The van der Waals surface area contributed by atoms with Crippen LogP contribution in [0.4, 0.5) is 5.69 Å². The summed E-state index contributed by atoms with van der Waals surface area (Å²) in [6.07, 6.45) is 5.34. The van der Waals surface area contributed by atoms with Gasteiger partial charge < -0.3 is 15.8 Å². The summed E-state index contributed by atoms with van der Waals surface area (Å²) in [6.45, 7) is 3.83. The van der Waals surface area contributed by atoms with E-state index >= 15 is 0 Å². The minimum Gasteiger partial charge on any atom is -0.496 e. The lowest BCUT2D eigenvalue weighted by Crippen LogP contribution is -2.35. The molecule has 1 amide bonds. The number of ether oxygens (including phenoxy) is 1. The van der Waals surface area contributed by atoms with E-state index in [0.717, 1.165) is 16.9 Å². The number of terminal acetylenes is 1. The molecule has 0 spiro atoms.